The lowest BCUT2D eigenvalue weighted by Crippen LogP contribution is -2.37. The average Bonchev–Trinajstić information content (AvgIpc) is 3.46. The molecule has 0 bridgehead atoms. The first-order valence-electron chi connectivity index (χ1n) is 12.0. The summed E-state index contributed by atoms with van der Waals surface area (Å²) in [6.07, 6.45) is 1.97. The zero-order chi connectivity index (χ0) is 27.9. The summed E-state index contributed by atoms with van der Waals surface area (Å²) in [6, 6.07) is 15.6. The first-order chi connectivity index (χ1) is 18.9. The number of methoxy groups -OCH3 is 5. The van der Waals surface area contributed by atoms with Crippen molar-refractivity contribution in [1.29, 1.82) is 0 Å². The molecule has 1 atom stereocenters. The summed E-state index contributed by atoms with van der Waals surface area (Å²) in [4.78, 5) is 13.0. The van der Waals surface area contributed by atoms with Crippen molar-refractivity contribution in [2.75, 3.05) is 40.9 Å². The number of nitrogens with two attached hydrogens (primary N) is 1. The molecule has 0 radical (unpaired) electrons. The highest BCUT2D eigenvalue weighted by Gasteiger charge is 2.20. The second kappa shape index (κ2) is 12.2. The number of carbonyl (C=O) groups is 1. The standard InChI is InChI=1S/C28H31N5O6/c1-35-20-9-6-17(7-10-20)12-21(29)28(34)31-22-13-18(8-11-24(22)36-2)23-16-30-32-33(23)19-14-25(37-3)27(39-5)26(15-19)38-4/h6-11,13-16,21H,12,29H2,1-5H3,(H,31,34). The molecule has 3 N–H and O–H groups in total. The first-order valence-corrected chi connectivity index (χ1v) is 12.0. The smallest absolute Gasteiger partial charge is 0.241 e. The van der Waals surface area contributed by atoms with Gasteiger partial charge in [0.15, 0.2) is 11.5 Å². The van der Waals surface area contributed by atoms with Crippen molar-refractivity contribution in [3.8, 4) is 45.7 Å². The van der Waals surface area contributed by atoms with Crippen molar-refractivity contribution < 1.29 is 28.5 Å². The van der Waals surface area contributed by atoms with Gasteiger partial charge < -0.3 is 34.7 Å². The molecule has 0 fully saturated rings. The maximum atomic E-state index is 13.0. The van der Waals surface area contributed by atoms with Crippen LogP contribution < -0.4 is 34.7 Å². The maximum absolute atomic E-state index is 13.0. The number of anilines is 1. The second-order valence-electron chi connectivity index (χ2n) is 8.48. The summed E-state index contributed by atoms with van der Waals surface area (Å²) in [7, 11) is 7.76. The van der Waals surface area contributed by atoms with Crippen LogP contribution in [0, 0.1) is 0 Å². The number of ether oxygens (including phenoxy) is 5. The molecule has 1 heterocycles. The van der Waals surface area contributed by atoms with E-state index < -0.39 is 6.04 Å². The fraction of sp³-hybridized carbons (Fsp3) is 0.250. The lowest BCUT2D eigenvalue weighted by Gasteiger charge is -2.17. The van der Waals surface area contributed by atoms with E-state index in [9.17, 15) is 4.79 Å². The molecule has 0 saturated carbocycles. The van der Waals surface area contributed by atoms with Crippen LogP contribution in [0.2, 0.25) is 0 Å². The van der Waals surface area contributed by atoms with Gasteiger partial charge in [0, 0.05) is 17.7 Å². The Kier molecular flexibility index (Phi) is 8.52. The van der Waals surface area contributed by atoms with Gasteiger partial charge in [0.2, 0.25) is 11.7 Å². The third-order valence-electron chi connectivity index (χ3n) is 6.15. The Balaban J connectivity index is 1.62. The van der Waals surface area contributed by atoms with Crippen LogP contribution >= 0.6 is 0 Å². The van der Waals surface area contributed by atoms with E-state index in [4.69, 9.17) is 29.4 Å². The molecule has 11 heteroatoms. The lowest BCUT2D eigenvalue weighted by molar-refractivity contribution is -0.117. The predicted octanol–water partition coefficient (Wildman–Crippen LogP) is 3.49. The van der Waals surface area contributed by atoms with Crippen LogP contribution in [-0.4, -0.2) is 62.5 Å². The Morgan fingerprint density at radius 1 is 0.872 bits per heavy atom. The Morgan fingerprint density at radius 2 is 1.54 bits per heavy atom. The molecule has 0 aliphatic carbocycles. The van der Waals surface area contributed by atoms with Gasteiger partial charge >= 0.3 is 0 Å². The van der Waals surface area contributed by atoms with E-state index >= 15 is 0 Å². The highest BCUT2D eigenvalue weighted by atomic mass is 16.5. The SMILES string of the molecule is COc1ccc(CC(N)C(=O)Nc2cc(-c3cnnn3-c3cc(OC)c(OC)c(OC)c3)ccc2OC)cc1. The third kappa shape index (κ3) is 5.88. The zero-order valence-electron chi connectivity index (χ0n) is 22.4. The van der Waals surface area contributed by atoms with Gasteiger partial charge in [-0.15, -0.1) is 5.10 Å². The highest BCUT2D eigenvalue weighted by Crippen LogP contribution is 2.40. The maximum Gasteiger partial charge on any atom is 0.241 e. The Hall–Kier alpha value is -4.77. The van der Waals surface area contributed by atoms with E-state index in [2.05, 4.69) is 15.6 Å². The molecule has 1 unspecified atom stereocenters. The summed E-state index contributed by atoms with van der Waals surface area (Å²) >= 11 is 0. The number of nitrogens with one attached hydrogen (secondary N) is 1. The fourth-order valence-corrected chi connectivity index (χ4v) is 4.11. The quantitative estimate of drug-likeness (QED) is 0.297. The zero-order valence-corrected chi connectivity index (χ0v) is 22.4. The molecular weight excluding hydrogens is 502 g/mol. The van der Waals surface area contributed by atoms with Gasteiger partial charge in [-0.25, -0.2) is 4.68 Å². The fourth-order valence-electron chi connectivity index (χ4n) is 4.11. The van der Waals surface area contributed by atoms with Crippen molar-refractivity contribution in [2.24, 2.45) is 5.73 Å². The number of benzene rings is 3. The normalized spacial score (nSPS) is 11.4. The van der Waals surface area contributed by atoms with Gasteiger partial charge in [-0.2, -0.15) is 0 Å². The monoisotopic (exact) mass is 533 g/mol. The van der Waals surface area contributed by atoms with Gasteiger partial charge in [-0.05, 0) is 42.3 Å². The van der Waals surface area contributed by atoms with Crippen LogP contribution in [0.1, 0.15) is 5.56 Å². The van der Waals surface area contributed by atoms with Crippen molar-refractivity contribution in [3.05, 3.63) is 66.4 Å². The average molecular weight is 534 g/mol. The number of carbonyl (C=O) groups excluding carboxylic acids is 1. The minimum absolute atomic E-state index is 0.350. The van der Waals surface area contributed by atoms with E-state index in [0.717, 1.165) is 16.9 Å². The Bertz CT molecular complexity index is 1410. The van der Waals surface area contributed by atoms with Crippen molar-refractivity contribution in [1.82, 2.24) is 15.0 Å². The Labute approximate surface area is 226 Å². The van der Waals surface area contributed by atoms with Gasteiger partial charge in [0.25, 0.3) is 0 Å². The third-order valence-corrected chi connectivity index (χ3v) is 6.15. The number of hydrogen-bond donors (Lipinski definition) is 2. The van der Waals surface area contributed by atoms with Crippen LogP contribution in [0.4, 0.5) is 5.69 Å². The minimum atomic E-state index is -0.779. The summed E-state index contributed by atoms with van der Waals surface area (Å²) in [5, 5.41) is 11.3. The van der Waals surface area contributed by atoms with Crippen LogP contribution in [0.25, 0.3) is 16.9 Å². The molecule has 0 aliphatic rings. The topological polar surface area (TPSA) is 132 Å². The molecule has 11 nitrogen and oxygen atoms in total. The summed E-state index contributed by atoms with van der Waals surface area (Å²) in [5.41, 5.74) is 9.63. The number of amides is 1. The molecular formula is C28H31N5O6. The Morgan fingerprint density at radius 3 is 2.13 bits per heavy atom. The van der Waals surface area contributed by atoms with Gasteiger partial charge in [0.05, 0.1) is 64.9 Å². The number of aromatic nitrogens is 3. The summed E-state index contributed by atoms with van der Waals surface area (Å²) in [6.45, 7) is 0. The van der Waals surface area contributed by atoms with E-state index in [1.165, 1.54) is 14.2 Å². The minimum Gasteiger partial charge on any atom is -0.497 e. The van der Waals surface area contributed by atoms with Crippen molar-refractivity contribution in [2.45, 2.75) is 12.5 Å². The van der Waals surface area contributed by atoms with E-state index in [1.807, 2.05) is 30.3 Å². The summed E-state index contributed by atoms with van der Waals surface area (Å²) < 4.78 is 28.7. The molecule has 0 saturated heterocycles. The van der Waals surface area contributed by atoms with E-state index in [0.29, 0.717) is 46.5 Å². The lowest BCUT2D eigenvalue weighted by atomic mass is 10.1. The molecule has 39 heavy (non-hydrogen) atoms. The molecule has 3 aromatic carbocycles. The molecule has 4 aromatic rings. The van der Waals surface area contributed by atoms with E-state index in [-0.39, 0.29) is 5.91 Å². The molecule has 1 amide bonds. The second-order valence-corrected chi connectivity index (χ2v) is 8.48. The van der Waals surface area contributed by atoms with Crippen LogP contribution in [-0.2, 0) is 11.2 Å². The van der Waals surface area contributed by atoms with Crippen molar-refractivity contribution in [3.63, 3.8) is 0 Å². The van der Waals surface area contributed by atoms with Crippen LogP contribution in [0.5, 0.6) is 28.7 Å². The highest BCUT2D eigenvalue weighted by molar-refractivity contribution is 5.96. The molecule has 4 rings (SSSR count). The number of nitrogens with zero attached hydrogens (tertiary/aromatic N) is 3. The first kappa shape index (κ1) is 27.3. The predicted molar refractivity (Wildman–Crippen MR) is 146 cm³/mol. The largest absolute Gasteiger partial charge is 0.497 e. The van der Waals surface area contributed by atoms with Crippen LogP contribution in [0.3, 0.4) is 0 Å². The van der Waals surface area contributed by atoms with E-state index in [1.54, 1.807) is 56.5 Å². The number of rotatable bonds is 11. The molecule has 0 aliphatic heterocycles. The van der Waals surface area contributed by atoms with Crippen molar-refractivity contribution >= 4 is 11.6 Å². The van der Waals surface area contributed by atoms with Gasteiger partial charge in [-0.3, -0.25) is 4.79 Å². The molecule has 204 valence electrons. The molecule has 0 spiro atoms. The van der Waals surface area contributed by atoms with Gasteiger partial charge in [0.1, 0.15) is 11.5 Å². The van der Waals surface area contributed by atoms with Gasteiger partial charge in [-0.1, -0.05) is 17.3 Å². The van der Waals surface area contributed by atoms with Crippen LogP contribution in [0.15, 0.2) is 60.8 Å². The molecule has 1 aromatic heterocycles. The summed E-state index contributed by atoms with van der Waals surface area (Å²) in [5.74, 6) is 2.28. The number of hydrogen-bond acceptors (Lipinski definition) is 9.